The number of methoxy groups -OCH3 is 1. The van der Waals surface area contributed by atoms with Gasteiger partial charge in [0.25, 0.3) is 0 Å². The molecule has 4 heteroatoms. The largest absolute Gasteiger partial charge is 0.385 e. The molecule has 2 atom stereocenters. The van der Waals surface area contributed by atoms with Gasteiger partial charge < -0.3 is 15.8 Å². The van der Waals surface area contributed by atoms with E-state index >= 15 is 0 Å². The van der Waals surface area contributed by atoms with Crippen molar-refractivity contribution in [3.05, 3.63) is 0 Å². The first kappa shape index (κ1) is 13.8. The van der Waals surface area contributed by atoms with Gasteiger partial charge in [-0.3, -0.25) is 4.79 Å². The molecule has 18 heavy (non-hydrogen) atoms. The van der Waals surface area contributed by atoms with Crippen LogP contribution in [0.25, 0.3) is 0 Å². The van der Waals surface area contributed by atoms with Crippen LogP contribution in [0, 0.1) is 10.8 Å². The normalized spacial score (nSPS) is 33.4. The molecule has 0 aliphatic heterocycles. The van der Waals surface area contributed by atoms with Crippen LogP contribution in [-0.2, 0) is 9.53 Å². The van der Waals surface area contributed by atoms with E-state index in [4.69, 9.17) is 10.5 Å². The lowest BCUT2D eigenvalue weighted by Gasteiger charge is -2.28. The minimum Gasteiger partial charge on any atom is -0.385 e. The Morgan fingerprint density at radius 2 is 2.17 bits per heavy atom. The van der Waals surface area contributed by atoms with Crippen LogP contribution >= 0.6 is 0 Å². The number of ether oxygens (including phenoxy) is 1. The first-order valence-corrected chi connectivity index (χ1v) is 7.05. The molecule has 2 fully saturated rings. The summed E-state index contributed by atoms with van der Waals surface area (Å²) in [5, 5.41) is 3.13. The van der Waals surface area contributed by atoms with Gasteiger partial charge >= 0.3 is 0 Å². The Morgan fingerprint density at radius 3 is 2.67 bits per heavy atom. The van der Waals surface area contributed by atoms with E-state index in [-0.39, 0.29) is 17.4 Å². The Kier molecular flexibility index (Phi) is 3.97. The number of carbonyl (C=O) groups excluding carboxylic acids is 1. The molecule has 0 heterocycles. The first-order valence-electron chi connectivity index (χ1n) is 7.05. The summed E-state index contributed by atoms with van der Waals surface area (Å²) >= 11 is 0. The van der Waals surface area contributed by atoms with Gasteiger partial charge in [-0.25, -0.2) is 0 Å². The van der Waals surface area contributed by atoms with E-state index in [0.717, 1.165) is 38.8 Å². The molecule has 3 N–H and O–H groups in total. The number of hydrogen-bond acceptors (Lipinski definition) is 3. The molecule has 2 unspecified atom stereocenters. The molecular formula is C14H26N2O2. The number of hydrogen-bond donors (Lipinski definition) is 2. The van der Waals surface area contributed by atoms with Crippen LogP contribution in [0.1, 0.15) is 45.4 Å². The Balaban J connectivity index is 1.81. The Bertz CT molecular complexity index is 315. The molecule has 0 aromatic carbocycles. The molecule has 104 valence electrons. The summed E-state index contributed by atoms with van der Waals surface area (Å²) in [6.07, 6.45) is 6.43. The van der Waals surface area contributed by atoms with Crippen LogP contribution in [0.4, 0.5) is 0 Å². The predicted molar refractivity (Wildman–Crippen MR) is 71.1 cm³/mol. The smallest absolute Gasteiger partial charge is 0.227 e. The van der Waals surface area contributed by atoms with Crippen molar-refractivity contribution in [1.82, 2.24) is 5.32 Å². The van der Waals surface area contributed by atoms with E-state index in [0.29, 0.717) is 5.41 Å². The quantitative estimate of drug-likeness (QED) is 0.754. The maximum atomic E-state index is 12.3. The van der Waals surface area contributed by atoms with Gasteiger partial charge in [0.2, 0.25) is 5.91 Å². The van der Waals surface area contributed by atoms with Gasteiger partial charge in [-0.2, -0.15) is 0 Å². The zero-order chi connectivity index (χ0) is 13.2. The highest BCUT2D eigenvalue weighted by atomic mass is 16.5. The first-order chi connectivity index (χ1) is 8.52. The van der Waals surface area contributed by atoms with Crippen molar-refractivity contribution in [1.29, 1.82) is 0 Å². The minimum absolute atomic E-state index is 0.0200. The molecule has 2 aliphatic rings. The number of carbonyl (C=O) groups is 1. The topological polar surface area (TPSA) is 64.3 Å². The molecule has 1 amide bonds. The van der Waals surface area contributed by atoms with Crippen LogP contribution in [0.15, 0.2) is 0 Å². The average molecular weight is 254 g/mol. The van der Waals surface area contributed by atoms with Gasteiger partial charge in [-0.1, -0.05) is 6.42 Å². The van der Waals surface area contributed by atoms with Crippen LogP contribution in [0.3, 0.4) is 0 Å². The van der Waals surface area contributed by atoms with E-state index in [1.807, 2.05) is 6.92 Å². The number of nitrogens with one attached hydrogen (secondary N) is 1. The van der Waals surface area contributed by atoms with E-state index < -0.39 is 0 Å². The SMILES string of the molecule is COCCC1(CNC(=O)C2(C)CCCC2N)CC1. The van der Waals surface area contributed by atoms with Crippen molar-refractivity contribution in [3.8, 4) is 0 Å². The lowest BCUT2D eigenvalue weighted by Crippen LogP contribution is -2.48. The van der Waals surface area contributed by atoms with Crippen LogP contribution < -0.4 is 11.1 Å². The van der Waals surface area contributed by atoms with Crippen molar-refractivity contribution in [2.75, 3.05) is 20.3 Å². The molecule has 0 aromatic rings. The molecule has 0 saturated heterocycles. The highest BCUT2D eigenvalue weighted by Crippen LogP contribution is 2.48. The van der Waals surface area contributed by atoms with Crippen molar-refractivity contribution in [2.24, 2.45) is 16.6 Å². The van der Waals surface area contributed by atoms with Crippen LogP contribution in [0.5, 0.6) is 0 Å². The molecule has 2 aliphatic carbocycles. The molecule has 0 bridgehead atoms. The summed E-state index contributed by atoms with van der Waals surface area (Å²) in [7, 11) is 1.73. The van der Waals surface area contributed by atoms with Crippen molar-refractivity contribution in [2.45, 2.75) is 51.5 Å². The van der Waals surface area contributed by atoms with Gasteiger partial charge in [0.1, 0.15) is 0 Å². The average Bonchev–Trinajstić information content (AvgIpc) is 3.05. The predicted octanol–water partition coefficient (Wildman–Crippen LogP) is 1.44. The fourth-order valence-electron chi connectivity index (χ4n) is 2.96. The van der Waals surface area contributed by atoms with E-state index in [2.05, 4.69) is 5.32 Å². The lowest BCUT2D eigenvalue weighted by molar-refractivity contribution is -0.130. The Labute approximate surface area is 110 Å². The molecule has 0 radical (unpaired) electrons. The summed E-state index contributed by atoms with van der Waals surface area (Å²) in [4.78, 5) is 12.3. The number of rotatable bonds is 6. The zero-order valence-electron chi connectivity index (χ0n) is 11.6. The molecule has 2 saturated carbocycles. The number of nitrogens with two attached hydrogens (primary N) is 1. The summed E-state index contributed by atoms with van der Waals surface area (Å²) < 4.78 is 5.13. The second-order valence-electron chi connectivity index (χ2n) is 6.34. The van der Waals surface area contributed by atoms with E-state index in [1.54, 1.807) is 7.11 Å². The molecular weight excluding hydrogens is 228 g/mol. The van der Waals surface area contributed by atoms with E-state index in [9.17, 15) is 4.79 Å². The maximum Gasteiger partial charge on any atom is 0.227 e. The second-order valence-corrected chi connectivity index (χ2v) is 6.34. The molecule has 0 aromatic heterocycles. The fourth-order valence-corrected chi connectivity index (χ4v) is 2.96. The third kappa shape index (κ3) is 2.69. The third-order valence-electron chi connectivity index (χ3n) is 4.97. The molecule has 2 rings (SSSR count). The Morgan fingerprint density at radius 1 is 1.44 bits per heavy atom. The van der Waals surface area contributed by atoms with Crippen LogP contribution in [0.2, 0.25) is 0 Å². The monoisotopic (exact) mass is 254 g/mol. The Hall–Kier alpha value is -0.610. The summed E-state index contributed by atoms with van der Waals surface area (Å²) in [5.74, 6) is 0.149. The standard InChI is InChI=1S/C14H26N2O2/c1-13(5-3-4-11(13)15)12(17)16-10-14(6-7-14)8-9-18-2/h11H,3-10,15H2,1-2H3,(H,16,17). The van der Waals surface area contributed by atoms with Crippen molar-refractivity contribution in [3.63, 3.8) is 0 Å². The van der Waals surface area contributed by atoms with Crippen molar-refractivity contribution >= 4 is 5.91 Å². The van der Waals surface area contributed by atoms with Gasteiger partial charge in [-0.15, -0.1) is 0 Å². The summed E-state index contributed by atoms with van der Waals surface area (Å²) in [6, 6.07) is 0.0200. The van der Waals surface area contributed by atoms with Gasteiger partial charge in [-0.05, 0) is 44.4 Å². The zero-order valence-corrected chi connectivity index (χ0v) is 11.6. The highest BCUT2D eigenvalue weighted by molar-refractivity contribution is 5.83. The lowest BCUT2D eigenvalue weighted by atomic mass is 9.84. The van der Waals surface area contributed by atoms with Gasteiger partial charge in [0.05, 0.1) is 5.41 Å². The fraction of sp³-hybridized carbons (Fsp3) is 0.929. The summed E-state index contributed by atoms with van der Waals surface area (Å²) in [6.45, 7) is 3.58. The van der Waals surface area contributed by atoms with E-state index in [1.165, 1.54) is 12.8 Å². The second kappa shape index (κ2) is 5.17. The minimum atomic E-state index is -0.350. The molecule has 4 nitrogen and oxygen atoms in total. The number of amides is 1. The van der Waals surface area contributed by atoms with Gasteiger partial charge in [0, 0.05) is 26.3 Å². The highest BCUT2D eigenvalue weighted by Gasteiger charge is 2.46. The maximum absolute atomic E-state index is 12.3. The van der Waals surface area contributed by atoms with Gasteiger partial charge in [0.15, 0.2) is 0 Å². The summed E-state index contributed by atoms with van der Waals surface area (Å²) in [5.41, 5.74) is 6.03. The third-order valence-corrected chi connectivity index (χ3v) is 4.97. The molecule has 0 spiro atoms. The van der Waals surface area contributed by atoms with Crippen molar-refractivity contribution < 1.29 is 9.53 Å². The van der Waals surface area contributed by atoms with Crippen LogP contribution in [-0.4, -0.2) is 32.2 Å².